The fourth-order valence-electron chi connectivity index (χ4n) is 2.21. The van der Waals surface area contributed by atoms with E-state index in [1.807, 2.05) is 42.6 Å². The van der Waals surface area contributed by atoms with Crippen LogP contribution in [-0.4, -0.2) is 17.9 Å². The number of carbonyl (C=O) groups excluding carboxylic acids is 2. The van der Waals surface area contributed by atoms with Gasteiger partial charge in [0.15, 0.2) is 6.04 Å². The monoisotopic (exact) mass is 318 g/mol. The van der Waals surface area contributed by atoms with Crippen LogP contribution in [0.25, 0.3) is 0 Å². The SMILES string of the molecule is C[C@@H]([NH2+][C@H](C)c1ccccc1)C(=O)Nc1sccc1C(N)=O. The number of nitrogens with one attached hydrogen (secondary N) is 1. The number of hydrogen-bond acceptors (Lipinski definition) is 3. The first-order valence-electron chi connectivity index (χ1n) is 7.07. The number of thiophene rings is 1. The maximum Gasteiger partial charge on any atom is 0.282 e. The molecule has 2 rings (SSSR count). The molecular formula is C16H20N3O2S+. The molecule has 2 amide bonds. The van der Waals surface area contributed by atoms with E-state index < -0.39 is 5.91 Å². The molecule has 0 saturated carbocycles. The third-order valence-electron chi connectivity index (χ3n) is 3.48. The van der Waals surface area contributed by atoms with E-state index in [-0.39, 0.29) is 18.0 Å². The van der Waals surface area contributed by atoms with Gasteiger partial charge in [0.2, 0.25) is 0 Å². The first-order valence-corrected chi connectivity index (χ1v) is 7.95. The van der Waals surface area contributed by atoms with Crippen LogP contribution in [0, 0.1) is 0 Å². The van der Waals surface area contributed by atoms with Gasteiger partial charge < -0.3 is 16.4 Å². The van der Waals surface area contributed by atoms with Crippen molar-refractivity contribution < 1.29 is 14.9 Å². The van der Waals surface area contributed by atoms with Crippen molar-refractivity contribution in [1.29, 1.82) is 0 Å². The van der Waals surface area contributed by atoms with Crippen molar-refractivity contribution in [2.24, 2.45) is 5.73 Å². The molecule has 1 aromatic heterocycles. The molecule has 0 aliphatic rings. The molecule has 0 spiro atoms. The Kier molecular flexibility index (Phi) is 5.30. The van der Waals surface area contributed by atoms with Crippen molar-refractivity contribution >= 4 is 28.2 Å². The van der Waals surface area contributed by atoms with Crippen LogP contribution in [0.2, 0.25) is 0 Å². The predicted molar refractivity (Wildman–Crippen MR) is 87.7 cm³/mol. The maximum absolute atomic E-state index is 12.3. The third kappa shape index (κ3) is 3.93. The van der Waals surface area contributed by atoms with Crippen molar-refractivity contribution in [3.05, 3.63) is 52.9 Å². The normalized spacial score (nSPS) is 13.4. The molecule has 1 heterocycles. The summed E-state index contributed by atoms with van der Waals surface area (Å²) in [6, 6.07) is 11.5. The highest BCUT2D eigenvalue weighted by Crippen LogP contribution is 2.22. The van der Waals surface area contributed by atoms with Crippen molar-refractivity contribution in [3.63, 3.8) is 0 Å². The number of benzene rings is 1. The standard InChI is InChI=1S/C16H19N3O2S/c1-10(12-6-4-3-5-7-12)18-11(2)15(21)19-16-13(14(17)20)8-9-22-16/h3-11,18H,1-2H3,(H2,17,20)(H,19,21)/p+1/t10-,11-/m1/s1. The molecule has 2 atom stereocenters. The minimum absolute atomic E-state index is 0.146. The summed E-state index contributed by atoms with van der Waals surface area (Å²) in [4.78, 5) is 23.5. The lowest BCUT2D eigenvalue weighted by molar-refractivity contribution is -0.709. The Morgan fingerprint density at radius 1 is 1.18 bits per heavy atom. The van der Waals surface area contributed by atoms with Crippen LogP contribution in [0.1, 0.15) is 35.8 Å². The van der Waals surface area contributed by atoms with E-state index >= 15 is 0 Å². The molecule has 0 radical (unpaired) electrons. The van der Waals surface area contributed by atoms with Gasteiger partial charge in [0.05, 0.1) is 5.56 Å². The number of carbonyl (C=O) groups is 2. The zero-order valence-corrected chi connectivity index (χ0v) is 13.4. The number of anilines is 1. The summed E-state index contributed by atoms with van der Waals surface area (Å²) in [7, 11) is 0. The average molecular weight is 318 g/mol. The summed E-state index contributed by atoms with van der Waals surface area (Å²) in [6.07, 6.45) is 0. The fourth-order valence-corrected chi connectivity index (χ4v) is 3.01. The molecule has 0 fully saturated rings. The number of nitrogens with two attached hydrogens (primary N) is 2. The zero-order chi connectivity index (χ0) is 16.1. The van der Waals surface area contributed by atoms with E-state index in [1.54, 1.807) is 11.4 Å². The van der Waals surface area contributed by atoms with E-state index in [2.05, 4.69) is 12.2 Å². The first kappa shape index (κ1) is 16.2. The number of primary amides is 1. The smallest absolute Gasteiger partial charge is 0.282 e. The van der Waals surface area contributed by atoms with Crippen molar-refractivity contribution in [2.45, 2.75) is 25.9 Å². The van der Waals surface area contributed by atoms with Gasteiger partial charge >= 0.3 is 0 Å². The molecule has 116 valence electrons. The Morgan fingerprint density at radius 3 is 2.50 bits per heavy atom. The topological polar surface area (TPSA) is 88.8 Å². The van der Waals surface area contributed by atoms with Gasteiger partial charge in [-0.15, -0.1) is 11.3 Å². The molecule has 6 heteroatoms. The highest BCUT2D eigenvalue weighted by atomic mass is 32.1. The van der Waals surface area contributed by atoms with Gasteiger partial charge in [0.1, 0.15) is 11.0 Å². The molecule has 0 aliphatic carbocycles. The summed E-state index contributed by atoms with van der Waals surface area (Å²) in [6.45, 7) is 3.89. The summed E-state index contributed by atoms with van der Waals surface area (Å²) in [5.74, 6) is -0.682. The van der Waals surface area contributed by atoms with E-state index in [9.17, 15) is 9.59 Å². The molecule has 22 heavy (non-hydrogen) atoms. The summed E-state index contributed by atoms with van der Waals surface area (Å²) >= 11 is 1.29. The second kappa shape index (κ2) is 7.20. The van der Waals surface area contributed by atoms with Crippen LogP contribution >= 0.6 is 11.3 Å². The molecule has 0 saturated heterocycles. The lowest BCUT2D eigenvalue weighted by atomic mass is 10.1. The van der Waals surface area contributed by atoms with Crippen molar-refractivity contribution in [1.82, 2.24) is 0 Å². The van der Waals surface area contributed by atoms with Crippen LogP contribution < -0.4 is 16.4 Å². The molecule has 2 aromatic rings. The molecule has 5 nitrogen and oxygen atoms in total. The lowest BCUT2D eigenvalue weighted by Gasteiger charge is -2.16. The Bertz CT molecular complexity index is 654. The predicted octanol–water partition coefficient (Wildman–Crippen LogP) is 1.50. The first-order chi connectivity index (χ1) is 10.5. The molecular weight excluding hydrogens is 298 g/mol. The average Bonchev–Trinajstić information content (AvgIpc) is 2.96. The zero-order valence-electron chi connectivity index (χ0n) is 12.6. The van der Waals surface area contributed by atoms with E-state index in [1.165, 1.54) is 11.3 Å². The van der Waals surface area contributed by atoms with E-state index in [0.29, 0.717) is 10.6 Å². The minimum Gasteiger partial charge on any atom is -0.366 e. The number of quaternary nitrogens is 1. The van der Waals surface area contributed by atoms with Crippen LogP contribution in [0.4, 0.5) is 5.00 Å². The highest BCUT2D eigenvalue weighted by Gasteiger charge is 2.22. The minimum atomic E-state index is -0.536. The van der Waals surface area contributed by atoms with Crippen LogP contribution in [-0.2, 0) is 4.79 Å². The van der Waals surface area contributed by atoms with Gasteiger partial charge in [-0.25, -0.2) is 0 Å². The Balaban J connectivity index is 1.97. The van der Waals surface area contributed by atoms with Crippen molar-refractivity contribution in [2.75, 3.05) is 5.32 Å². The summed E-state index contributed by atoms with van der Waals surface area (Å²) in [5.41, 5.74) is 6.79. The van der Waals surface area contributed by atoms with Gasteiger partial charge in [-0.1, -0.05) is 30.3 Å². The summed E-state index contributed by atoms with van der Waals surface area (Å²) in [5, 5.41) is 7.00. The molecule has 0 bridgehead atoms. The second-order valence-electron chi connectivity index (χ2n) is 5.20. The highest BCUT2D eigenvalue weighted by molar-refractivity contribution is 7.14. The van der Waals surface area contributed by atoms with Gasteiger partial charge in [0, 0.05) is 5.56 Å². The summed E-state index contributed by atoms with van der Waals surface area (Å²) < 4.78 is 0. The molecule has 0 unspecified atom stereocenters. The van der Waals surface area contributed by atoms with Gasteiger partial charge in [0.25, 0.3) is 11.8 Å². The van der Waals surface area contributed by atoms with Crippen LogP contribution in [0.3, 0.4) is 0 Å². The maximum atomic E-state index is 12.3. The number of rotatable bonds is 6. The Hall–Kier alpha value is -2.18. The number of amides is 2. The lowest BCUT2D eigenvalue weighted by Crippen LogP contribution is -2.91. The van der Waals surface area contributed by atoms with Gasteiger partial charge in [-0.2, -0.15) is 0 Å². The Morgan fingerprint density at radius 2 is 1.86 bits per heavy atom. The second-order valence-corrected chi connectivity index (χ2v) is 6.11. The van der Waals surface area contributed by atoms with Gasteiger partial charge in [-0.05, 0) is 25.3 Å². The molecule has 0 aliphatic heterocycles. The van der Waals surface area contributed by atoms with E-state index in [4.69, 9.17) is 5.73 Å². The van der Waals surface area contributed by atoms with Gasteiger partial charge in [-0.3, -0.25) is 9.59 Å². The molecule has 5 N–H and O–H groups in total. The van der Waals surface area contributed by atoms with Crippen LogP contribution in [0.15, 0.2) is 41.8 Å². The quantitative estimate of drug-likeness (QED) is 0.753. The largest absolute Gasteiger partial charge is 0.366 e. The van der Waals surface area contributed by atoms with Crippen LogP contribution in [0.5, 0.6) is 0 Å². The van der Waals surface area contributed by atoms with Crippen molar-refractivity contribution in [3.8, 4) is 0 Å². The van der Waals surface area contributed by atoms with E-state index in [0.717, 1.165) is 5.56 Å². The fraction of sp³-hybridized carbons (Fsp3) is 0.250. The Labute approximate surface area is 133 Å². The third-order valence-corrected chi connectivity index (χ3v) is 4.31. The number of hydrogen-bond donors (Lipinski definition) is 3. The molecule has 1 aromatic carbocycles.